The van der Waals surface area contributed by atoms with Crippen molar-refractivity contribution in [1.82, 2.24) is 0 Å². The van der Waals surface area contributed by atoms with Crippen LogP contribution in [0.5, 0.6) is 17.2 Å². The zero-order chi connectivity index (χ0) is 22.2. The Hall–Kier alpha value is -3.09. The minimum atomic E-state index is -0.158. The summed E-state index contributed by atoms with van der Waals surface area (Å²) in [6.45, 7) is 5.04. The molecule has 0 N–H and O–H groups in total. The van der Waals surface area contributed by atoms with Crippen molar-refractivity contribution in [2.75, 3.05) is 6.79 Å². The van der Waals surface area contributed by atoms with Crippen molar-refractivity contribution in [2.45, 2.75) is 27.1 Å². The van der Waals surface area contributed by atoms with E-state index < -0.39 is 0 Å². The maximum atomic E-state index is 13.0. The summed E-state index contributed by atoms with van der Waals surface area (Å²) in [4.78, 5) is 13.0. The maximum Gasteiger partial charge on any atom is 0.231 e. The highest BCUT2D eigenvalue weighted by molar-refractivity contribution is 9.10. The van der Waals surface area contributed by atoms with Gasteiger partial charge in [0.25, 0.3) is 0 Å². The zero-order valence-electron chi connectivity index (χ0n) is 17.7. The summed E-state index contributed by atoms with van der Waals surface area (Å²) < 4.78 is 24.0. The van der Waals surface area contributed by atoms with E-state index in [0.29, 0.717) is 36.0 Å². The first kappa shape index (κ1) is 20.8. The molecule has 3 aromatic rings. The Morgan fingerprint density at radius 2 is 1.88 bits per heavy atom. The molecule has 3 aromatic carbocycles. The number of ketones is 1. The third-order valence-corrected chi connectivity index (χ3v) is 6.00. The third-order valence-electron chi connectivity index (χ3n) is 5.54. The minimum Gasteiger partial charge on any atom is -0.488 e. The highest BCUT2D eigenvalue weighted by Crippen LogP contribution is 2.41. The molecule has 0 spiro atoms. The molecule has 0 radical (unpaired) electrons. The fourth-order valence-electron chi connectivity index (χ4n) is 3.83. The Kier molecular flexibility index (Phi) is 5.49. The van der Waals surface area contributed by atoms with Crippen molar-refractivity contribution in [2.24, 2.45) is 0 Å². The SMILES string of the molecule is Cc1ccc(COc2ccc3c(c2C)O/C(=C\c2cc(Br)cc4c2OCOC4)C3=O)cc1. The van der Waals surface area contributed by atoms with Crippen LogP contribution < -0.4 is 14.2 Å². The van der Waals surface area contributed by atoms with E-state index in [1.165, 1.54) is 5.56 Å². The molecule has 0 bridgehead atoms. The average Bonchev–Trinajstić information content (AvgIpc) is 3.10. The molecule has 0 unspecified atom stereocenters. The lowest BCUT2D eigenvalue weighted by Crippen LogP contribution is -2.12. The molecule has 0 aromatic heterocycles. The Bertz CT molecular complexity index is 1240. The molecule has 6 heteroatoms. The summed E-state index contributed by atoms with van der Waals surface area (Å²) in [6, 6.07) is 15.7. The van der Waals surface area contributed by atoms with Crippen LogP contribution in [-0.2, 0) is 18.0 Å². The number of aryl methyl sites for hydroxylation is 1. The average molecular weight is 493 g/mol. The molecule has 0 aliphatic carbocycles. The number of carbonyl (C=O) groups excluding carboxylic acids is 1. The number of rotatable bonds is 4. The summed E-state index contributed by atoms with van der Waals surface area (Å²) in [6.07, 6.45) is 1.73. The maximum absolute atomic E-state index is 13.0. The highest BCUT2D eigenvalue weighted by atomic mass is 79.9. The number of halogens is 1. The fourth-order valence-corrected chi connectivity index (χ4v) is 4.35. The van der Waals surface area contributed by atoms with Crippen molar-refractivity contribution < 1.29 is 23.7 Å². The van der Waals surface area contributed by atoms with Crippen LogP contribution in [0.2, 0.25) is 0 Å². The van der Waals surface area contributed by atoms with Gasteiger partial charge in [0.1, 0.15) is 23.9 Å². The van der Waals surface area contributed by atoms with Crippen LogP contribution in [0.3, 0.4) is 0 Å². The smallest absolute Gasteiger partial charge is 0.231 e. The molecule has 2 heterocycles. The molecule has 2 aliphatic rings. The number of hydrogen-bond donors (Lipinski definition) is 0. The summed E-state index contributed by atoms with van der Waals surface area (Å²) in [5.41, 5.74) is 5.30. The summed E-state index contributed by atoms with van der Waals surface area (Å²) in [7, 11) is 0. The normalized spacial score (nSPS) is 15.7. The molecule has 0 amide bonds. The minimum absolute atomic E-state index is 0.158. The Morgan fingerprint density at radius 1 is 1.06 bits per heavy atom. The number of carbonyl (C=O) groups is 1. The quantitative estimate of drug-likeness (QED) is 0.410. The van der Waals surface area contributed by atoms with Crippen molar-refractivity contribution >= 4 is 27.8 Å². The summed E-state index contributed by atoms with van der Waals surface area (Å²) >= 11 is 3.51. The van der Waals surface area contributed by atoms with Gasteiger partial charge in [0.2, 0.25) is 5.78 Å². The van der Waals surface area contributed by atoms with Gasteiger partial charge in [0.05, 0.1) is 12.2 Å². The summed E-state index contributed by atoms with van der Waals surface area (Å²) in [5.74, 6) is 2.04. The number of allylic oxidation sites excluding steroid dienone is 1. The van der Waals surface area contributed by atoms with Crippen LogP contribution in [0.1, 0.15) is 38.2 Å². The number of benzene rings is 3. The molecule has 2 aliphatic heterocycles. The second kappa shape index (κ2) is 8.45. The molecule has 5 rings (SSSR count). The molecular formula is C26H21BrO5. The number of fused-ring (bicyclic) bond motifs is 2. The number of hydrogen-bond acceptors (Lipinski definition) is 5. The van der Waals surface area contributed by atoms with Crippen LogP contribution in [0.25, 0.3) is 6.08 Å². The van der Waals surface area contributed by atoms with Gasteiger partial charge < -0.3 is 18.9 Å². The molecule has 5 nitrogen and oxygen atoms in total. The Balaban J connectivity index is 1.42. The lowest BCUT2D eigenvalue weighted by molar-refractivity contribution is -0.0165. The topological polar surface area (TPSA) is 54.0 Å². The Morgan fingerprint density at radius 3 is 2.69 bits per heavy atom. The third kappa shape index (κ3) is 3.92. The van der Waals surface area contributed by atoms with Gasteiger partial charge in [-0.25, -0.2) is 0 Å². The monoisotopic (exact) mass is 492 g/mol. The first-order valence-electron chi connectivity index (χ1n) is 10.3. The molecule has 32 heavy (non-hydrogen) atoms. The standard InChI is InChI=1S/C26H21BrO5/c1-15-3-5-17(6-4-15)12-30-22-8-7-21-24(28)23(32-25(21)16(22)2)11-18-9-20(27)10-19-13-29-14-31-26(18)19/h3-11H,12-14H2,1-2H3/b23-11-. The lowest BCUT2D eigenvalue weighted by Gasteiger charge is -2.20. The van der Waals surface area contributed by atoms with Gasteiger partial charge in [-0.2, -0.15) is 0 Å². The van der Waals surface area contributed by atoms with E-state index in [0.717, 1.165) is 26.7 Å². The lowest BCUT2D eigenvalue weighted by atomic mass is 10.0. The number of ether oxygens (including phenoxy) is 4. The van der Waals surface area contributed by atoms with Crippen molar-refractivity contribution in [3.63, 3.8) is 0 Å². The van der Waals surface area contributed by atoms with E-state index in [1.54, 1.807) is 12.1 Å². The van der Waals surface area contributed by atoms with Gasteiger partial charge in [-0.3, -0.25) is 4.79 Å². The van der Waals surface area contributed by atoms with E-state index in [-0.39, 0.29) is 18.3 Å². The second-order valence-electron chi connectivity index (χ2n) is 7.87. The predicted molar refractivity (Wildman–Crippen MR) is 124 cm³/mol. The van der Waals surface area contributed by atoms with Gasteiger partial charge in [-0.15, -0.1) is 0 Å². The van der Waals surface area contributed by atoms with E-state index in [4.69, 9.17) is 18.9 Å². The largest absolute Gasteiger partial charge is 0.488 e. The van der Waals surface area contributed by atoms with Crippen LogP contribution in [0.4, 0.5) is 0 Å². The van der Waals surface area contributed by atoms with Gasteiger partial charge >= 0.3 is 0 Å². The highest BCUT2D eigenvalue weighted by Gasteiger charge is 2.31. The fraction of sp³-hybridized carbons (Fsp3) is 0.192. The molecule has 0 saturated carbocycles. The van der Waals surface area contributed by atoms with Crippen LogP contribution >= 0.6 is 15.9 Å². The molecule has 162 valence electrons. The van der Waals surface area contributed by atoms with Crippen LogP contribution in [0.15, 0.2) is 58.8 Å². The van der Waals surface area contributed by atoms with Crippen molar-refractivity contribution in [3.05, 3.63) is 92.1 Å². The van der Waals surface area contributed by atoms with E-state index in [1.807, 2.05) is 37.3 Å². The van der Waals surface area contributed by atoms with Crippen molar-refractivity contribution in [1.29, 1.82) is 0 Å². The van der Waals surface area contributed by atoms with E-state index in [9.17, 15) is 4.79 Å². The zero-order valence-corrected chi connectivity index (χ0v) is 19.3. The molecule has 0 fully saturated rings. The Labute approximate surface area is 194 Å². The van der Waals surface area contributed by atoms with Crippen LogP contribution in [-0.4, -0.2) is 12.6 Å². The van der Waals surface area contributed by atoms with Gasteiger partial charge in [0, 0.05) is 21.2 Å². The first-order valence-corrected chi connectivity index (χ1v) is 11.1. The van der Waals surface area contributed by atoms with Gasteiger partial charge in [-0.05, 0) is 49.8 Å². The van der Waals surface area contributed by atoms with Gasteiger partial charge in [-0.1, -0.05) is 45.8 Å². The summed E-state index contributed by atoms with van der Waals surface area (Å²) in [5, 5.41) is 0. The molecule has 0 saturated heterocycles. The second-order valence-corrected chi connectivity index (χ2v) is 8.79. The van der Waals surface area contributed by atoms with Gasteiger partial charge in [0.15, 0.2) is 12.6 Å². The molecule has 0 atom stereocenters. The predicted octanol–water partition coefficient (Wildman–Crippen LogP) is 6.13. The molecular weight excluding hydrogens is 472 g/mol. The van der Waals surface area contributed by atoms with E-state index in [2.05, 4.69) is 35.0 Å². The van der Waals surface area contributed by atoms with E-state index >= 15 is 0 Å². The first-order chi connectivity index (χ1) is 15.5. The van der Waals surface area contributed by atoms with Crippen LogP contribution in [0, 0.1) is 13.8 Å². The number of Topliss-reactive ketones (excluding diaryl/α,β-unsaturated/α-hetero) is 1. The van der Waals surface area contributed by atoms with Crippen molar-refractivity contribution in [3.8, 4) is 17.2 Å².